The fourth-order valence-corrected chi connectivity index (χ4v) is 5.38. The summed E-state index contributed by atoms with van der Waals surface area (Å²) in [5.74, 6) is -5.42. The summed E-state index contributed by atoms with van der Waals surface area (Å²) in [7, 11) is -5.05. The summed E-state index contributed by atoms with van der Waals surface area (Å²) < 4.78 is 36.9. The number of halogens is 2. The summed E-state index contributed by atoms with van der Waals surface area (Å²) in [6.45, 7) is 3.95. The van der Waals surface area contributed by atoms with E-state index < -0.39 is 62.5 Å². The minimum atomic E-state index is -5.05. The summed E-state index contributed by atoms with van der Waals surface area (Å²) >= 11 is 0.364. The first-order valence-corrected chi connectivity index (χ1v) is 16.8. The monoisotopic (exact) mass is 811 g/mol. The molecule has 50 heavy (non-hydrogen) atoms. The van der Waals surface area contributed by atoms with E-state index in [0.29, 0.717) is 49.2 Å². The van der Waals surface area contributed by atoms with Crippen molar-refractivity contribution in [2.45, 2.75) is 114 Å². The molecule has 24 heteroatoms. The first kappa shape index (κ1) is 56.0. The second kappa shape index (κ2) is 29.7. The average Bonchev–Trinajstić information content (AvgIpc) is 3.40. The van der Waals surface area contributed by atoms with E-state index in [1.54, 1.807) is 0 Å². The number of amides is 5. The molecule has 2 atom stereocenters. The van der Waals surface area contributed by atoms with Crippen LogP contribution in [0.4, 0.5) is 0 Å². The summed E-state index contributed by atoms with van der Waals surface area (Å²) in [5, 5.41) is 21.4. The summed E-state index contributed by atoms with van der Waals surface area (Å²) in [5.41, 5.74) is 4.27. The van der Waals surface area contributed by atoms with Gasteiger partial charge in [0.25, 0.3) is 17.7 Å². The Morgan fingerprint density at radius 1 is 0.820 bits per heavy atom. The van der Waals surface area contributed by atoms with Gasteiger partial charge in [0.15, 0.2) is 0 Å². The molecular formula is C26H41Cl2N5Na2O13S2. The Balaban J connectivity index is -0.000000611. The van der Waals surface area contributed by atoms with E-state index in [9.17, 15) is 47.0 Å². The molecule has 0 radical (unpaired) electrons. The molecule has 18 nitrogen and oxygen atoms in total. The Bertz CT molecular complexity index is 1250. The van der Waals surface area contributed by atoms with Gasteiger partial charge in [0.2, 0.25) is 11.8 Å². The molecule has 0 aromatic rings. The van der Waals surface area contributed by atoms with Crippen molar-refractivity contribution in [3.63, 3.8) is 0 Å². The second-order valence-corrected chi connectivity index (χ2v) is 13.2. The van der Waals surface area contributed by atoms with Crippen LogP contribution in [-0.4, -0.2) is 80.5 Å². The maximum Gasteiger partial charge on any atom is 1.00 e. The fraction of sp³-hybridized carbons (Fsp3) is 0.692. The van der Waals surface area contributed by atoms with E-state index in [-0.39, 0.29) is 108 Å². The number of nitrogens with one attached hydrogen (secondary N) is 1. The van der Waals surface area contributed by atoms with Gasteiger partial charge in [-0.15, -0.1) is 5.06 Å². The molecule has 0 bridgehead atoms. The van der Waals surface area contributed by atoms with Crippen LogP contribution in [0.1, 0.15) is 104 Å². The molecular weight excluding hydrogens is 771 g/mol. The quantitative estimate of drug-likeness (QED) is 0.0151. The van der Waals surface area contributed by atoms with Crippen LogP contribution in [0.2, 0.25) is 0 Å². The number of carbonyl (C=O) groups is 6. The number of carbonyl (C=O) groups excluding carboxylic acids is 6. The maximum absolute atomic E-state index is 12.0. The molecule has 276 valence electrons. The van der Waals surface area contributed by atoms with Crippen molar-refractivity contribution in [2.24, 2.45) is 0 Å². The van der Waals surface area contributed by atoms with Crippen LogP contribution in [0.15, 0.2) is 0 Å². The zero-order chi connectivity index (χ0) is 34.9. The minimum Gasteiger partial charge on any atom is -1.00 e. The molecule has 2 aliphatic heterocycles. The predicted octanol–water partition coefficient (Wildman–Crippen LogP) is -14.7. The summed E-state index contributed by atoms with van der Waals surface area (Å²) in [6.07, 6.45) is 6.89. The Morgan fingerprint density at radius 2 is 1.30 bits per heavy atom. The van der Waals surface area contributed by atoms with Gasteiger partial charge in [-0.2, -0.15) is 9.34 Å². The number of rotatable bonds is 20. The molecule has 0 aromatic heterocycles. The van der Waals surface area contributed by atoms with Gasteiger partial charge in [-0.1, -0.05) is 25.7 Å². The molecule has 5 N–H and O–H groups in total. The predicted molar refractivity (Wildman–Crippen MR) is 155 cm³/mol. The average molecular weight is 813 g/mol. The molecule has 2 fully saturated rings. The fourth-order valence-electron chi connectivity index (χ4n) is 4.16. The Hall–Kier alpha value is -0.720. The number of hydrogen-bond donors (Lipinski definition) is 3. The van der Waals surface area contributed by atoms with Crippen molar-refractivity contribution in [2.75, 3.05) is 0 Å². The van der Waals surface area contributed by atoms with Crippen LogP contribution in [0, 0.1) is 0 Å². The molecule has 0 aliphatic carbocycles. The van der Waals surface area contributed by atoms with E-state index in [2.05, 4.69) is 19.6 Å². The van der Waals surface area contributed by atoms with Gasteiger partial charge in [0, 0.05) is 51.6 Å². The Morgan fingerprint density at radius 3 is 1.78 bits per heavy atom. The van der Waals surface area contributed by atoms with Gasteiger partial charge in [0.05, 0.1) is 12.8 Å². The van der Waals surface area contributed by atoms with Gasteiger partial charge in [-0.3, -0.25) is 45.3 Å². The maximum atomic E-state index is 12.0. The third-order valence-corrected chi connectivity index (χ3v) is 8.36. The molecule has 2 rings (SSSR count). The number of nitrogens with two attached hydrogens (primary N) is 2. The topological polar surface area (TPSA) is 280 Å². The first-order valence-electron chi connectivity index (χ1n) is 14.5. The number of hydrazine groups is 1. The van der Waals surface area contributed by atoms with Crippen molar-refractivity contribution in [3.8, 4) is 0 Å². The van der Waals surface area contributed by atoms with E-state index in [4.69, 9.17) is 10.8 Å². The van der Waals surface area contributed by atoms with Crippen LogP contribution in [0.3, 0.4) is 0 Å². The first-order chi connectivity index (χ1) is 21.6. The third kappa shape index (κ3) is 22.4. The Kier molecular flexibility index (Phi) is 33.3. The van der Waals surface area contributed by atoms with Crippen molar-refractivity contribution in [3.05, 3.63) is 0 Å². The zero-order valence-electron chi connectivity index (χ0n) is 28.5. The molecule has 0 aromatic carbocycles. The number of hydrogen-bond acceptors (Lipinski definition) is 14. The van der Waals surface area contributed by atoms with E-state index in [1.807, 2.05) is 13.8 Å². The van der Waals surface area contributed by atoms with Crippen LogP contribution in [0.25, 0.3) is 0 Å². The molecule has 2 unspecified atom stereocenters. The van der Waals surface area contributed by atoms with Crippen LogP contribution in [-0.2, 0) is 53.1 Å². The summed E-state index contributed by atoms with van der Waals surface area (Å²) in [4.78, 5) is 75.4. The standard InChI is InChI=1S/C17H23N3O13S2.C9H18N2.2ClH.2Na/c21-12(18-19-13(22)8-10(16(19)25)34-33-32-27)6-4-2-1-3-5-7-15(24)31-20-14(23)9-11(17(20)26)35(28,29)30;1-8(10)6-4-3-5-7-9(2)11;;;;/h10-11,27H,1-9H2,(H,18,21)(H,28,29,30);10-11H,3-7H2,1-2H3;2*1H;;/q;;;;2*+1/p-2. The molecule has 2 saturated heterocycles. The van der Waals surface area contributed by atoms with Gasteiger partial charge < -0.3 is 39.5 Å². The zero-order valence-corrected chi connectivity index (χ0v) is 35.6. The van der Waals surface area contributed by atoms with E-state index in [1.165, 1.54) is 19.3 Å². The third-order valence-electron chi connectivity index (χ3n) is 6.56. The largest absolute Gasteiger partial charge is 1.00 e. The number of hydroxylamine groups is 2. The number of nitrogens with zero attached hydrogens (tertiary/aromatic N) is 2. The van der Waals surface area contributed by atoms with E-state index >= 15 is 0 Å². The van der Waals surface area contributed by atoms with Gasteiger partial charge >= 0.3 is 65.1 Å². The van der Waals surface area contributed by atoms with Crippen LogP contribution in [0.5, 0.6) is 0 Å². The molecule has 5 amide bonds. The number of unbranched alkanes of at least 4 members (excludes halogenated alkanes) is 6. The SMILES string of the molecule is CC(=[NH2+])CCCCCC(C)=[NH2+].O=C(CCCCCCCC(=O)ON1C(=O)CC(S(=O)(=O)[O-])C1=O)NN1C(=O)CC(SOO[O-])C1=O.[Cl-].[Cl-].[Na+].[Na+]. The molecule has 0 spiro atoms. The summed E-state index contributed by atoms with van der Waals surface area (Å²) in [6, 6.07) is 0. The normalized spacial score (nSPS) is 16.6. The molecule has 2 heterocycles. The number of imide groups is 2. The van der Waals surface area contributed by atoms with Crippen molar-refractivity contribution in [1.29, 1.82) is 0 Å². The molecule has 0 saturated carbocycles. The van der Waals surface area contributed by atoms with E-state index in [0.717, 1.165) is 24.3 Å². The van der Waals surface area contributed by atoms with Crippen LogP contribution < -0.4 is 105 Å². The minimum absolute atomic E-state index is 0. The second-order valence-electron chi connectivity index (χ2n) is 10.7. The van der Waals surface area contributed by atoms with Crippen molar-refractivity contribution < 1.29 is 156 Å². The van der Waals surface area contributed by atoms with Crippen LogP contribution >= 0.6 is 12.0 Å². The van der Waals surface area contributed by atoms with Gasteiger partial charge in [-0.25, -0.2) is 13.2 Å². The smallest absolute Gasteiger partial charge is 1.00 e. The van der Waals surface area contributed by atoms with Gasteiger partial charge in [0.1, 0.15) is 32.0 Å². The van der Waals surface area contributed by atoms with Crippen molar-refractivity contribution in [1.82, 2.24) is 15.5 Å². The van der Waals surface area contributed by atoms with Crippen molar-refractivity contribution >= 4 is 69.1 Å². The Labute approximate surface area is 351 Å². The molecule has 2 aliphatic rings. The van der Waals surface area contributed by atoms with Gasteiger partial charge in [-0.05, 0) is 25.7 Å².